The van der Waals surface area contributed by atoms with Gasteiger partial charge in [0.15, 0.2) is 0 Å². The smallest absolute Gasteiger partial charge is 0.129 e. The molecule has 0 fully saturated rings. The fourth-order valence-electron chi connectivity index (χ4n) is 1.12. The molecule has 2 heterocycles. The quantitative estimate of drug-likeness (QED) is 0.759. The van der Waals surface area contributed by atoms with Crippen molar-refractivity contribution in [3.05, 3.63) is 36.0 Å². The van der Waals surface area contributed by atoms with E-state index in [0.29, 0.717) is 6.54 Å². The fourth-order valence-corrected chi connectivity index (χ4v) is 1.12. The van der Waals surface area contributed by atoms with Crippen LogP contribution in [-0.2, 0) is 6.54 Å². The summed E-state index contributed by atoms with van der Waals surface area (Å²) in [6, 6.07) is 3.82. The van der Waals surface area contributed by atoms with Crippen molar-refractivity contribution in [3.8, 4) is 0 Å². The highest BCUT2D eigenvalue weighted by Crippen LogP contribution is 2.04. The molecule has 5 nitrogen and oxygen atoms in total. The van der Waals surface area contributed by atoms with Crippen LogP contribution >= 0.6 is 0 Å². The Morgan fingerprint density at radius 3 is 3.07 bits per heavy atom. The molecule has 2 aromatic rings. The molecule has 0 bridgehead atoms. The molecule has 0 aliphatic rings. The molecule has 0 aliphatic carbocycles. The van der Waals surface area contributed by atoms with E-state index in [9.17, 15) is 0 Å². The predicted octanol–water partition coefficient (Wildman–Crippen LogP) is 1.12. The summed E-state index contributed by atoms with van der Waals surface area (Å²) < 4.78 is 0. The van der Waals surface area contributed by atoms with Gasteiger partial charge < -0.3 is 5.32 Å². The van der Waals surface area contributed by atoms with Crippen molar-refractivity contribution in [1.82, 2.24) is 20.2 Å². The second-order valence-electron chi connectivity index (χ2n) is 2.98. The van der Waals surface area contributed by atoms with E-state index >= 15 is 0 Å². The summed E-state index contributed by atoms with van der Waals surface area (Å²) in [5.74, 6) is 0.826. The molecule has 0 spiro atoms. The normalized spacial score (nSPS) is 10.1. The van der Waals surface area contributed by atoms with Gasteiger partial charge in [-0.1, -0.05) is 0 Å². The number of aryl methyl sites for hydroxylation is 1. The van der Waals surface area contributed by atoms with Crippen LogP contribution in [0.2, 0.25) is 0 Å². The largest absolute Gasteiger partial charge is 0.364 e. The molecule has 2 N–H and O–H groups in total. The second-order valence-corrected chi connectivity index (χ2v) is 2.98. The van der Waals surface area contributed by atoms with Crippen LogP contribution in [0.1, 0.15) is 11.4 Å². The Balaban J connectivity index is 1.98. The molecule has 72 valence electrons. The number of hydrogen-bond donors (Lipinski definition) is 2. The highest BCUT2D eigenvalue weighted by molar-refractivity contribution is 5.34. The maximum atomic E-state index is 4.08. The van der Waals surface area contributed by atoms with Crippen LogP contribution in [0.25, 0.3) is 0 Å². The van der Waals surface area contributed by atoms with Crippen molar-refractivity contribution in [2.24, 2.45) is 0 Å². The molecule has 5 heteroatoms. The van der Waals surface area contributed by atoms with Crippen LogP contribution in [0.5, 0.6) is 0 Å². The van der Waals surface area contributed by atoms with Gasteiger partial charge in [0, 0.05) is 18.0 Å². The number of nitrogens with zero attached hydrogens (tertiary/aromatic N) is 3. The van der Waals surface area contributed by atoms with Crippen LogP contribution in [0, 0.1) is 6.92 Å². The van der Waals surface area contributed by atoms with E-state index in [1.165, 1.54) is 0 Å². The van der Waals surface area contributed by atoms with Crippen molar-refractivity contribution in [2.75, 3.05) is 5.32 Å². The SMILES string of the molecule is Cc1cc(NCc2ccn[nH]2)ncn1. The van der Waals surface area contributed by atoms with Crippen LogP contribution < -0.4 is 5.32 Å². The molecule has 14 heavy (non-hydrogen) atoms. The van der Waals surface area contributed by atoms with E-state index in [4.69, 9.17) is 0 Å². The van der Waals surface area contributed by atoms with Gasteiger partial charge in [0.1, 0.15) is 12.1 Å². The lowest BCUT2D eigenvalue weighted by Gasteiger charge is -2.03. The number of anilines is 1. The number of aromatic amines is 1. The molecule has 0 radical (unpaired) electrons. The summed E-state index contributed by atoms with van der Waals surface area (Å²) in [6.07, 6.45) is 3.27. The maximum Gasteiger partial charge on any atom is 0.129 e. The molecule has 0 saturated carbocycles. The van der Waals surface area contributed by atoms with Crippen molar-refractivity contribution in [2.45, 2.75) is 13.5 Å². The zero-order valence-electron chi connectivity index (χ0n) is 7.86. The Morgan fingerprint density at radius 2 is 2.36 bits per heavy atom. The lowest BCUT2D eigenvalue weighted by molar-refractivity contribution is 0.968. The van der Waals surface area contributed by atoms with Gasteiger partial charge in [-0.25, -0.2) is 9.97 Å². The molecular formula is C9H11N5. The van der Waals surface area contributed by atoms with Crippen molar-refractivity contribution >= 4 is 5.82 Å². The predicted molar refractivity (Wildman–Crippen MR) is 52.7 cm³/mol. The molecule has 0 amide bonds. The Labute approximate surface area is 81.6 Å². The van der Waals surface area contributed by atoms with E-state index in [0.717, 1.165) is 17.2 Å². The van der Waals surface area contributed by atoms with E-state index in [1.807, 2.05) is 19.1 Å². The maximum absolute atomic E-state index is 4.08. The zero-order chi connectivity index (χ0) is 9.80. The van der Waals surface area contributed by atoms with Crippen LogP contribution in [-0.4, -0.2) is 20.2 Å². The van der Waals surface area contributed by atoms with Gasteiger partial charge in [-0.05, 0) is 13.0 Å². The lowest BCUT2D eigenvalue weighted by Crippen LogP contribution is -2.02. The minimum atomic E-state index is 0.691. The first-order chi connectivity index (χ1) is 6.84. The summed E-state index contributed by atoms with van der Waals surface area (Å²) in [7, 11) is 0. The zero-order valence-corrected chi connectivity index (χ0v) is 7.86. The summed E-state index contributed by atoms with van der Waals surface area (Å²) in [5, 5.41) is 9.89. The third-order valence-corrected chi connectivity index (χ3v) is 1.82. The van der Waals surface area contributed by atoms with Crippen LogP contribution in [0.4, 0.5) is 5.82 Å². The van der Waals surface area contributed by atoms with Crippen molar-refractivity contribution in [3.63, 3.8) is 0 Å². The molecule has 2 rings (SSSR count). The molecule has 0 aromatic carbocycles. The van der Waals surface area contributed by atoms with E-state index in [-0.39, 0.29) is 0 Å². The summed E-state index contributed by atoms with van der Waals surface area (Å²) >= 11 is 0. The van der Waals surface area contributed by atoms with E-state index in [1.54, 1.807) is 12.5 Å². The van der Waals surface area contributed by atoms with E-state index < -0.39 is 0 Å². The van der Waals surface area contributed by atoms with Gasteiger partial charge in [0.05, 0.1) is 12.2 Å². The number of hydrogen-bond acceptors (Lipinski definition) is 4. The van der Waals surface area contributed by atoms with Crippen molar-refractivity contribution in [1.29, 1.82) is 0 Å². The van der Waals surface area contributed by atoms with Crippen molar-refractivity contribution < 1.29 is 0 Å². The number of H-pyrrole nitrogens is 1. The third kappa shape index (κ3) is 2.07. The minimum Gasteiger partial charge on any atom is -0.364 e. The van der Waals surface area contributed by atoms with Gasteiger partial charge in [0.25, 0.3) is 0 Å². The lowest BCUT2D eigenvalue weighted by atomic mass is 10.4. The summed E-state index contributed by atoms with van der Waals surface area (Å²) in [4.78, 5) is 8.10. The topological polar surface area (TPSA) is 66.5 Å². The van der Waals surface area contributed by atoms with Gasteiger partial charge in [-0.2, -0.15) is 5.10 Å². The molecule has 0 unspecified atom stereocenters. The average Bonchev–Trinajstić information content (AvgIpc) is 2.67. The molecular weight excluding hydrogens is 178 g/mol. The third-order valence-electron chi connectivity index (χ3n) is 1.82. The van der Waals surface area contributed by atoms with E-state index in [2.05, 4.69) is 25.5 Å². The second kappa shape index (κ2) is 3.87. The number of aromatic nitrogens is 4. The number of nitrogens with one attached hydrogen (secondary N) is 2. The first kappa shape index (κ1) is 8.68. The highest BCUT2D eigenvalue weighted by Gasteiger charge is 1.96. The number of rotatable bonds is 3. The Bertz CT molecular complexity index is 395. The van der Waals surface area contributed by atoms with Gasteiger partial charge in [-0.3, -0.25) is 5.10 Å². The standard InChI is InChI=1S/C9H11N5/c1-7-4-9(12-6-11-7)10-5-8-2-3-13-14-8/h2-4,6H,5H2,1H3,(H,13,14)(H,10,11,12). The van der Waals surface area contributed by atoms with Gasteiger partial charge in [-0.15, -0.1) is 0 Å². The summed E-state index contributed by atoms with van der Waals surface area (Å²) in [5.41, 5.74) is 1.98. The van der Waals surface area contributed by atoms with Gasteiger partial charge >= 0.3 is 0 Å². The summed E-state index contributed by atoms with van der Waals surface area (Å²) in [6.45, 7) is 2.62. The monoisotopic (exact) mass is 189 g/mol. The Morgan fingerprint density at radius 1 is 1.43 bits per heavy atom. The highest BCUT2D eigenvalue weighted by atomic mass is 15.1. The fraction of sp³-hybridized carbons (Fsp3) is 0.222. The average molecular weight is 189 g/mol. The Hall–Kier alpha value is -1.91. The molecule has 0 saturated heterocycles. The molecule has 2 aromatic heterocycles. The van der Waals surface area contributed by atoms with Gasteiger partial charge in [0.2, 0.25) is 0 Å². The molecule has 0 atom stereocenters. The minimum absolute atomic E-state index is 0.691. The molecule has 0 aliphatic heterocycles. The first-order valence-corrected chi connectivity index (χ1v) is 4.35. The van der Waals surface area contributed by atoms with Crippen LogP contribution in [0.15, 0.2) is 24.7 Å². The first-order valence-electron chi connectivity index (χ1n) is 4.35. The Kier molecular flexibility index (Phi) is 2.40. The van der Waals surface area contributed by atoms with Crippen LogP contribution in [0.3, 0.4) is 0 Å².